The monoisotopic (exact) mass is 394 g/mol. The Hall–Kier alpha value is -2.63. The van der Waals surface area contributed by atoms with E-state index in [0.29, 0.717) is 25.8 Å². The molecular formula is C23H30N4O2. The first-order valence-corrected chi connectivity index (χ1v) is 10.6. The minimum Gasteiger partial charge on any atom is -0.349 e. The van der Waals surface area contributed by atoms with Crippen LogP contribution < -0.4 is 5.32 Å². The molecule has 29 heavy (non-hydrogen) atoms. The SMILES string of the molecule is CC1(C)Cc2c(cnn2-c2ccccc2)[C@H](NC(=O)CCCN2CCCC2=O)C1. The Balaban J connectivity index is 1.44. The number of carbonyl (C=O) groups excluding carboxylic acids is 2. The van der Waals surface area contributed by atoms with Crippen molar-refractivity contribution in [3.05, 3.63) is 47.8 Å². The normalized spacial score (nSPS) is 20.6. The van der Waals surface area contributed by atoms with E-state index in [9.17, 15) is 9.59 Å². The average molecular weight is 395 g/mol. The third-order valence-electron chi connectivity index (χ3n) is 6.02. The summed E-state index contributed by atoms with van der Waals surface area (Å²) in [4.78, 5) is 26.2. The molecule has 2 aromatic rings. The van der Waals surface area contributed by atoms with Gasteiger partial charge in [-0.15, -0.1) is 0 Å². The van der Waals surface area contributed by atoms with Gasteiger partial charge in [0.2, 0.25) is 11.8 Å². The highest BCUT2D eigenvalue weighted by Gasteiger charge is 2.36. The fourth-order valence-corrected chi connectivity index (χ4v) is 4.60. The lowest BCUT2D eigenvalue weighted by Gasteiger charge is -2.36. The highest BCUT2D eigenvalue weighted by molar-refractivity contribution is 5.78. The lowest BCUT2D eigenvalue weighted by atomic mass is 9.74. The first kappa shape index (κ1) is 19.7. The smallest absolute Gasteiger partial charge is 0.222 e. The van der Waals surface area contributed by atoms with E-state index >= 15 is 0 Å². The summed E-state index contributed by atoms with van der Waals surface area (Å²) >= 11 is 0. The minimum absolute atomic E-state index is 0.0212. The molecule has 2 aliphatic rings. The van der Waals surface area contributed by atoms with Crippen LogP contribution in [0, 0.1) is 5.41 Å². The van der Waals surface area contributed by atoms with E-state index in [0.717, 1.165) is 37.1 Å². The van der Waals surface area contributed by atoms with E-state index in [1.807, 2.05) is 34.0 Å². The van der Waals surface area contributed by atoms with Gasteiger partial charge in [0.15, 0.2) is 0 Å². The van der Waals surface area contributed by atoms with Crippen LogP contribution in [0.4, 0.5) is 0 Å². The Labute approximate surface area is 172 Å². The number of aromatic nitrogens is 2. The van der Waals surface area contributed by atoms with E-state index in [4.69, 9.17) is 0 Å². The molecule has 1 fully saturated rings. The number of amides is 2. The lowest BCUT2D eigenvalue weighted by Crippen LogP contribution is -2.37. The van der Waals surface area contributed by atoms with Crippen molar-refractivity contribution >= 4 is 11.8 Å². The van der Waals surface area contributed by atoms with E-state index < -0.39 is 0 Å². The number of hydrogen-bond acceptors (Lipinski definition) is 3. The van der Waals surface area contributed by atoms with Gasteiger partial charge >= 0.3 is 0 Å². The van der Waals surface area contributed by atoms with Crippen molar-refractivity contribution in [2.24, 2.45) is 5.41 Å². The van der Waals surface area contributed by atoms with Crippen molar-refractivity contribution in [1.82, 2.24) is 20.0 Å². The van der Waals surface area contributed by atoms with Crippen LogP contribution in [-0.2, 0) is 16.0 Å². The van der Waals surface area contributed by atoms with Gasteiger partial charge in [-0.05, 0) is 43.2 Å². The van der Waals surface area contributed by atoms with Crippen molar-refractivity contribution < 1.29 is 9.59 Å². The second kappa shape index (κ2) is 8.01. The zero-order valence-corrected chi connectivity index (χ0v) is 17.4. The number of benzene rings is 1. The maximum Gasteiger partial charge on any atom is 0.222 e. The zero-order valence-electron chi connectivity index (χ0n) is 17.4. The molecule has 1 aromatic heterocycles. The first-order chi connectivity index (χ1) is 13.9. The number of likely N-dealkylation sites (tertiary alicyclic amines) is 1. The molecule has 154 valence electrons. The van der Waals surface area contributed by atoms with Gasteiger partial charge < -0.3 is 10.2 Å². The van der Waals surface area contributed by atoms with Gasteiger partial charge in [0.05, 0.1) is 23.6 Å². The molecule has 1 aromatic carbocycles. The largest absolute Gasteiger partial charge is 0.349 e. The summed E-state index contributed by atoms with van der Waals surface area (Å²) in [5.41, 5.74) is 3.43. The predicted molar refractivity (Wildman–Crippen MR) is 112 cm³/mol. The Kier molecular flexibility index (Phi) is 5.43. The average Bonchev–Trinajstić information content (AvgIpc) is 3.28. The summed E-state index contributed by atoms with van der Waals surface area (Å²) in [5, 5.41) is 7.87. The summed E-state index contributed by atoms with van der Waals surface area (Å²) in [6.07, 6.45) is 6.49. The van der Waals surface area contributed by atoms with Crippen LogP contribution in [0.25, 0.3) is 5.69 Å². The molecule has 1 atom stereocenters. The summed E-state index contributed by atoms with van der Waals surface area (Å²) in [6.45, 7) is 6.01. The Bertz CT molecular complexity index is 888. The van der Waals surface area contributed by atoms with Gasteiger partial charge in [-0.25, -0.2) is 4.68 Å². The van der Waals surface area contributed by atoms with E-state index in [-0.39, 0.29) is 23.3 Å². The highest BCUT2D eigenvalue weighted by Crippen LogP contribution is 2.41. The summed E-state index contributed by atoms with van der Waals surface area (Å²) in [5.74, 6) is 0.273. The van der Waals surface area contributed by atoms with Crippen LogP contribution in [-0.4, -0.2) is 39.6 Å². The second-order valence-electron chi connectivity index (χ2n) is 9.05. The van der Waals surface area contributed by atoms with E-state index in [1.54, 1.807) is 0 Å². The fourth-order valence-electron chi connectivity index (χ4n) is 4.60. The molecule has 1 aliphatic carbocycles. The lowest BCUT2D eigenvalue weighted by molar-refractivity contribution is -0.128. The predicted octanol–water partition coefficient (Wildman–Crippen LogP) is 3.40. The van der Waals surface area contributed by atoms with Crippen LogP contribution in [0.2, 0.25) is 0 Å². The van der Waals surface area contributed by atoms with Crippen molar-refractivity contribution in [1.29, 1.82) is 0 Å². The molecule has 6 nitrogen and oxygen atoms in total. The third-order valence-corrected chi connectivity index (χ3v) is 6.02. The fraction of sp³-hybridized carbons (Fsp3) is 0.522. The van der Waals surface area contributed by atoms with Crippen LogP contribution in [0.3, 0.4) is 0 Å². The molecule has 0 bridgehead atoms. The van der Waals surface area contributed by atoms with Gasteiger partial charge in [-0.1, -0.05) is 32.0 Å². The van der Waals surface area contributed by atoms with Gasteiger partial charge in [0.1, 0.15) is 0 Å². The molecule has 0 unspecified atom stereocenters. The number of nitrogens with one attached hydrogen (secondary N) is 1. The van der Waals surface area contributed by atoms with Gasteiger partial charge in [0.25, 0.3) is 0 Å². The van der Waals surface area contributed by atoms with Gasteiger partial charge in [-0.2, -0.15) is 5.10 Å². The standard InChI is InChI=1S/C23H30N4O2/c1-23(2)14-19(25-21(28)10-6-12-26-13-7-11-22(26)29)18-16-24-27(20(18)15-23)17-8-4-3-5-9-17/h3-5,8-9,16,19H,6-7,10-15H2,1-2H3,(H,25,28)/t19-/m1/s1. The molecule has 2 amide bonds. The van der Waals surface area contributed by atoms with Crippen molar-refractivity contribution in [3.63, 3.8) is 0 Å². The minimum atomic E-state index is -0.0212. The number of carbonyl (C=O) groups is 2. The quantitative estimate of drug-likeness (QED) is 0.816. The Morgan fingerprint density at radius 1 is 1.28 bits per heavy atom. The van der Waals surface area contributed by atoms with Crippen molar-refractivity contribution in [2.75, 3.05) is 13.1 Å². The number of para-hydroxylation sites is 1. The summed E-state index contributed by atoms with van der Waals surface area (Å²) in [6, 6.07) is 10.1. The molecule has 0 spiro atoms. The number of nitrogens with zero attached hydrogens (tertiary/aromatic N) is 3. The molecule has 1 saturated heterocycles. The van der Waals surface area contributed by atoms with E-state index in [2.05, 4.69) is 36.4 Å². The zero-order chi connectivity index (χ0) is 20.4. The highest BCUT2D eigenvalue weighted by atomic mass is 16.2. The number of fused-ring (bicyclic) bond motifs is 1. The number of rotatable bonds is 6. The second-order valence-corrected chi connectivity index (χ2v) is 9.05. The molecule has 1 N–H and O–H groups in total. The maximum atomic E-state index is 12.6. The first-order valence-electron chi connectivity index (χ1n) is 10.6. The maximum absolute atomic E-state index is 12.6. The van der Waals surface area contributed by atoms with Crippen LogP contribution >= 0.6 is 0 Å². The Morgan fingerprint density at radius 2 is 2.07 bits per heavy atom. The third kappa shape index (κ3) is 4.36. The van der Waals surface area contributed by atoms with Crippen molar-refractivity contribution in [3.8, 4) is 5.69 Å². The van der Waals surface area contributed by atoms with Crippen LogP contribution in [0.5, 0.6) is 0 Å². The summed E-state index contributed by atoms with van der Waals surface area (Å²) in [7, 11) is 0. The molecule has 4 rings (SSSR count). The topological polar surface area (TPSA) is 67.2 Å². The summed E-state index contributed by atoms with van der Waals surface area (Å²) < 4.78 is 2.01. The van der Waals surface area contributed by atoms with Gasteiger partial charge in [-0.3, -0.25) is 9.59 Å². The molecule has 0 radical (unpaired) electrons. The van der Waals surface area contributed by atoms with Crippen molar-refractivity contribution in [2.45, 2.75) is 58.4 Å². The molecule has 2 heterocycles. The molecule has 1 aliphatic heterocycles. The number of hydrogen-bond donors (Lipinski definition) is 1. The van der Waals surface area contributed by atoms with Crippen LogP contribution in [0.15, 0.2) is 36.5 Å². The van der Waals surface area contributed by atoms with Gasteiger partial charge in [0, 0.05) is 31.5 Å². The Morgan fingerprint density at radius 3 is 2.79 bits per heavy atom. The van der Waals surface area contributed by atoms with Crippen LogP contribution in [0.1, 0.15) is 63.3 Å². The molecule has 0 saturated carbocycles. The molecular weight excluding hydrogens is 364 g/mol. The molecule has 6 heteroatoms. The van der Waals surface area contributed by atoms with E-state index in [1.165, 1.54) is 5.69 Å².